The van der Waals surface area contributed by atoms with Crippen LogP contribution in [0.25, 0.3) is 11.0 Å². The molecule has 0 unspecified atom stereocenters. The Morgan fingerprint density at radius 1 is 1.14 bits per heavy atom. The number of carbonyl (C=O) groups is 2. The van der Waals surface area contributed by atoms with Crippen molar-refractivity contribution < 1.29 is 27.5 Å². The van der Waals surface area contributed by atoms with E-state index in [1.807, 2.05) is 0 Å². The third-order valence-corrected chi connectivity index (χ3v) is 4.31. The number of fused-ring (bicyclic) bond motifs is 1. The fraction of sp³-hybridized carbons (Fsp3) is 0.167. The fourth-order valence-corrected chi connectivity index (χ4v) is 3.01. The van der Waals surface area contributed by atoms with Crippen LogP contribution in [0.1, 0.15) is 5.82 Å². The minimum absolute atomic E-state index is 0.0859. The van der Waals surface area contributed by atoms with Crippen LogP contribution in [0, 0.1) is 0 Å². The van der Waals surface area contributed by atoms with E-state index < -0.39 is 37.0 Å². The molecule has 0 spiro atoms. The van der Waals surface area contributed by atoms with E-state index in [0.717, 1.165) is 0 Å². The van der Waals surface area contributed by atoms with Crippen molar-refractivity contribution in [2.45, 2.75) is 12.7 Å². The highest BCUT2D eigenvalue weighted by Crippen LogP contribution is 2.31. The second-order valence-corrected chi connectivity index (χ2v) is 6.68. The van der Waals surface area contributed by atoms with Crippen molar-refractivity contribution in [2.75, 3.05) is 11.9 Å². The van der Waals surface area contributed by atoms with Crippen molar-refractivity contribution in [3.8, 4) is 0 Å². The van der Waals surface area contributed by atoms with E-state index in [1.54, 1.807) is 0 Å². The van der Waals surface area contributed by atoms with Gasteiger partial charge in [-0.3, -0.25) is 9.59 Å². The molecule has 1 aromatic heterocycles. The van der Waals surface area contributed by atoms with Gasteiger partial charge >= 0.3 is 12.1 Å². The number of ether oxygens (including phenoxy) is 1. The van der Waals surface area contributed by atoms with Crippen molar-refractivity contribution >= 4 is 51.8 Å². The van der Waals surface area contributed by atoms with Crippen LogP contribution in [0.3, 0.4) is 0 Å². The SMILES string of the molecule is O=C(COC(=O)Cn1c(C(F)(F)F)nc2ccccc21)Nc1ccc(Cl)cc1Cl. The van der Waals surface area contributed by atoms with Crippen LogP contribution in [-0.2, 0) is 27.0 Å². The first-order valence-corrected chi connectivity index (χ1v) is 8.84. The Labute approximate surface area is 172 Å². The molecule has 0 radical (unpaired) electrons. The number of nitrogens with zero attached hydrogens (tertiary/aromatic N) is 2. The average Bonchev–Trinajstić information content (AvgIpc) is 3.01. The van der Waals surface area contributed by atoms with Gasteiger partial charge in [-0.15, -0.1) is 0 Å². The Kier molecular flexibility index (Phi) is 5.99. The fourth-order valence-electron chi connectivity index (χ4n) is 2.55. The zero-order chi connectivity index (χ0) is 21.2. The minimum Gasteiger partial charge on any atom is -0.454 e. The molecule has 0 saturated carbocycles. The Morgan fingerprint density at radius 2 is 1.86 bits per heavy atom. The van der Waals surface area contributed by atoms with Crippen molar-refractivity contribution in [2.24, 2.45) is 0 Å². The van der Waals surface area contributed by atoms with Gasteiger partial charge in [0.05, 0.1) is 21.7 Å². The molecule has 1 amide bonds. The number of alkyl halides is 3. The molecule has 0 fully saturated rings. The summed E-state index contributed by atoms with van der Waals surface area (Å²) >= 11 is 11.7. The highest BCUT2D eigenvalue weighted by Gasteiger charge is 2.38. The highest BCUT2D eigenvalue weighted by atomic mass is 35.5. The maximum Gasteiger partial charge on any atom is 0.449 e. The summed E-state index contributed by atoms with van der Waals surface area (Å²) in [4.78, 5) is 27.5. The summed E-state index contributed by atoms with van der Waals surface area (Å²) < 4.78 is 45.2. The van der Waals surface area contributed by atoms with Crippen LogP contribution in [0.2, 0.25) is 10.0 Å². The zero-order valence-electron chi connectivity index (χ0n) is 14.5. The van der Waals surface area contributed by atoms with Gasteiger partial charge in [0.15, 0.2) is 6.61 Å². The molecule has 152 valence electrons. The summed E-state index contributed by atoms with van der Waals surface area (Å²) in [5, 5.41) is 2.96. The lowest BCUT2D eigenvalue weighted by molar-refractivity contribution is -0.152. The zero-order valence-corrected chi connectivity index (χ0v) is 16.0. The number of carbonyl (C=O) groups excluding carboxylic acids is 2. The van der Waals surface area contributed by atoms with Gasteiger partial charge in [-0.25, -0.2) is 4.98 Å². The number of hydrogen-bond acceptors (Lipinski definition) is 4. The normalized spacial score (nSPS) is 11.5. The Morgan fingerprint density at radius 3 is 2.55 bits per heavy atom. The predicted molar refractivity (Wildman–Crippen MR) is 101 cm³/mol. The van der Waals surface area contributed by atoms with Gasteiger partial charge in [0.25, 0.3) is 5.91 Å². The van der Waals surface area contributed by atoms with E-state index in [2.05, 4.69) is 10.3 Å². The number of para-hydroxylation sites is 2. The first-order valence-electron chi connectivity index (χ1n) is 8.08. The molecule has 0 saturated heterocycles. The number of rotatable bonds is 5. The maximum atomic E-state index is 13.2. The molecule has 0 atom stereocenters. The van der Waals surface area contributed by atoms with Gasteiger partial charge in [-0.05, 0) is 30.3 Å². The monoisotopic (exact) mass is 445 g/mol. The first kappa shape index (κ1) is 20.9. The number of esters is 1. The van der Waals surface area contributed by atoms with E-state index in [1.165, 1.54) is 42.5 Å². The molecule has 3 aromatic rings. The van der Waals surface area contributed by atoms with Gasteiger partial charge < -0.3 is 14.6 Å². The topological polar surface area (TPSA) is 73.2 Å². The van der Waals surface area contributed by atoms with E-state index in [4.69, 9.17) is 27.9 Å². The van der Waals surface area contributed by atoms with Crippen LogP contribution >= 0.6 is 23.2 Å². The summed E-state index contributed by atoms with van der Waals surface area (Å²) in [5.41, 5.74) is 0.453. The number of halogens is 5. The molecule has 29 heavy (non-hydrogen) atoms. The largest absolute Gasteiger partial charge is 0.454 e. The number of anilines is 1. The molecule has 6 nitrogen and oxygen atoms in total. The standard InChI is InChI=1S/C18H12Cl2F3N3O3/c19-10-5-6-12(11(20)7-10)24-15(27)9-29-16(28)8-26-14-4-2-1-3-13(14)25-17(26)18(21,22)23/h1-7H,8-9H2,(H,24,27). The van der Waals surface area contributed by atoms with Gasteiger partial charge in [0, 0.05) is 5.02 Å². The molecule has 3 rings (SSSR count). The van der Waals surface area contributed by atoms with Crippen LogP contribution in [0.4, 0.5) is 18.9 Å². The summed E-state index contributed by atoms with van der Waals surface area (Å²) in [5.74, 6) is -2.97. The molecular formula is C18H12Cl2F3N3O3. The second-order valence-electron chi connectivity index (χ2n) is 5.84. The van der Waals surface area contributed by atoms with E-state index in [0.29, 0.717) is 9.59 Å². The van der Waals surface area contributed by atoms with Crippen molar-refractivity contribution in [3.05, 3.63) is 58.3 Å². The van der Waals surface area contributed by atoms with E-state index in [-0.39, 0.29) is 21.7 Å². The molecule has 0 bridgehead atoms. The quantitative estimate of drug-likeness (QED) is 0.584. The average molecular weight is 446 g/mol. The lowest BCUT2D eigenvalue weighted by Crippen LogP contribution is -2.25. The molecule has 0 aliphatic rings. The second kappa shape index (κ2) is 8.30. The molecule has 1 N–H and O–H groups in total. The van der Waals surface area contributed by atoms with E-state index >= 15 is 0 Å². The molecule has 1 heterocycles. The predicted octanol–water partition coefficient (Wildman–Crippen LogP) is 4.54. The van der Waals surface area contributed by atoms with Crippen molar-refractivity contribution in [1.29, 1.82) is 0 Å². The lowest BCUT2D eigenvalue weighted by Gasteiger charge is -2.11. The Bertz CT molecular complexity index is 1080. The molecule has 0 aliphatic carbocycles. The molecule has 0 aliphatic heterocycles. The van der Waals surface area contributed by atoms with Gasteiger partial charge in [-0.1, -0.05) is 35.3 Å². The van der Waals surface area contributed by atoms with Crippen molar-refractivity contribution in [1.82, 2.24) is 9.55 Å². The minimum atomic E-state index is -4.76. The number of aromatic nitrogens is 2. The summed E-state index contributed by atoms with van der Waals surface area (Å²) in [7, 11) is 0. The number of hydrogen-bond donors (Lipinski definition) is 1. The third-order valence-electron chi connectivity index (χ3n) is 3.76. The van der Waals surface area contributed by atoms with Crippen LogP contribution in [-0.4, -0.2) is 28.0 Å². The highest BCUT2D eigenvalue weighted by molar-refractivity contribution is 6.36. The smallest absolute Gasteiger partial charge is 0.449 e. The summed E-state index contributed by atoms with van der Waals surface area (Å²) in [6, 6.07) is 10.2. The lowest BCUT2D eigenvalue weighted by atomic mass is 10.3. The van der Waals surface area contributed by atoms with Crippen LogP contribution in [0.5, 0.6) is 0 Å². The number of imidazole rings is 1. The Hall–Kier alpha value is -2.78. The third kappa shape index (κ3) is 4.99. The van der Waals surface area contributed by atoms with Gasteiger partial charge in [0.2, 0.25) is 5.82 Å². The van der Waals surface area contributed by atoms with Crippen molar-refractivity contribution in [3.63, 3.8) is 0 Å². The molecule has 11 heteroatoms. The number of nitrogens with one attached hydrogen (secondary N) is 1. The van der Waals surface area contributed by atoms with E-state index in [9.17, 15) is 22.8 Å². The first-order chi connectivity index (χ1) is 13.6. The number of amides is 1. The molecule has 2 aromatic carbocycles. The summed E-state index contributed by atoms with van der Waals surface area (Å²) in [6.07, 6.45) is -4.76. The molecular weight excluding hydrogens is 434 g/mol. The van der Waals surface area contributed by atoms with Gasteiger partial charge in [0.1, 0.15) is 6.54 Å². The summed E-state index contributed by atoms with van der Waals surface area (Å²) in [6.45, 7) is -1.46. The van der Waals surface area contributed by atoms with Gasteiger partial charge in [-0.2, -0.15) is 13.2 Å². The maximum absolute atomic E-state index is 13.2. The van der Waals surface area contributed by atoms with Crippen LogP contribution in [0.15, 0.2) is 42.5 Å². The van der Waals surface area contributed by atoms with Crippen LogP contribution < -0.4 is 5.32 Å². The Balaban J connectivity index is 1.67. The number of benzene rings is 2.